The summed E-state index contributed by atoms with van der Waals surface area (Å²) in [5.41, 5.74) is 5.93. The number of nitriles is 1. The number of hydrogen-bond acceptors (Lipinski definition) is 7. The molecule has 0 saturated carbocycles. The van der Waals surface area contributed by atoms with Gasteiger partial charge in [-0.25, -0.2) is 9.78 Å². The van der Waals surface area contributed by atoms with E-state index in [2.05, 4.69) is 26.1 Å². The molecule has 2 aromatic carbocycles. The van der Waals surface area contributed by atoms with Crippen molar-refractivity contribution in [1.29, 1.82) is 5.26 Å². The molecule has 0 fully saturated rings. The Kier molecular flexibility index (Phi) is 8.69. The summed E-state index contributed by atoms with van der Waals surface area (Å²) in [6, 6.07) is 17.8. The Morgan fingerprint density at radius 1 is 1.10 bits per heavy atom. The second-order valence-corrected chi connectivity index (χ2v) is 10.2. The summed E-state index contributed by atoms with van der Waals surface area (Å²) in [4.78, 5) is 30.5. The zero-order chi connectivity index (χ0) is 27.9. The summed E-state index contributed by atoms with van der Waals surface area (Å²) in [5.74, 6) is -0.756. The lowest BCUT2D eigenvalue weighted by Crippen LogP contribution is -2.42. The van der Waals surface area contributed by atoms with Crippen LogP contribution in [0.15, 0.2) is 60.8 Å². The van der Waals surface area contributed by atoms with Gasteiger partial charge < -0.3 is 15.7 Å². The third-order valence-corrected chi connectivity index (χ3v) is 7.15. The van der Waals surface area contributed by atoms with E-state index in [4.69, 9.17) is 0 Å². The monoisotopic (exact) mass is 539 g/mol. The van der Waals surface area contributed by atoms with Crippen molar-refractivity contribution in [3.63, 3.8) is 0 Å². The Balaban J connectivity index is 1.42. The van der Waals surface area contributed by atoms with Crippen molar-refractivity contribution in [1.82, 2.24) is 14.7 Å². The van der Waals surface area contributed by atoms with Crippen LogP contribution in [0.2, 0.25) is 0 Å². The van der Waals surface area contributed by atoms with Crippen LogP contribution in [0.1, 0.15) is 50.0 Å². The van der Waals surface area contributed by atoms with Crippen molar-refractivity contribution in [2.24, 2.45) is 0 Å². The molecule has 4 rings (SSSR count). The molecular weight excluding hydrogens is 510 g/mol. The van der Waals surface area contributed by atoms with E-state index in [0.717, 1.165) is 33.1 Å². The molecule has 0 saturated heterocycles. The van der Waals surface area contributed by atoms with Gasteiger partial charge in [0, 0.05) is 28.6 Å². The van der Waals surface area contributed by atoms with Crippen molar-refractivity contribution < 1.29 is 14.7 Å². The molecule has 1 amide bonds. The minimum atomic E-state index is -1.11. The van der Waals surface area contributed by atoms with Gasteiger partial charge >= 0.3 is 5.97 Å². The fourth-order valence-electron chi connectivity index (χ4n) is 4.35. The summed E-state index contributed by atoms with van der Waals surface area (Å²) in [6.07, 6.45) is 2.46. The Hall–Kier alpha value is -4.55. The van der Waals surface area contributed by atoms with Crippen molar-refractivity contribution >= 4 is 29.2 Å². The maximum Gasteiger partial charge on any atom is 0.326 e. The van der Waals surface area contributed by atoms with Crippen molar-refractivity contribution in [3.8, 4) is 17.3 Å². The van der Waals surface area contributed by atoms with Gasteiger partial charge in [-0.2, -0.15) is 9.64 Å². The number of hydrogen-bond donors (Lipinski definition) is 3. The Labute approximate surface area is 231 Å². The lowest BCUT2D eigenvalue weighted by Gasteiger charge is -2.18. The fraction of sp³-hybridized carbons (Fsp3) is 0.233. The number of carbonyl (C=O) groups is 2. The van der Waals surface area contributed by atoms with Crippen LogP contribution in [0, 0.1) is 25.2 Å². The molecule has 198 valence electrons. The van der Waals surface area contributed by atoms with Crippen molar-refractivity contribution in [3.05, 3.63) is 99.1 Å². The molecule has 0 aliphatic carbocycles. The molecule has 9 heteroatoms. The lowest BCUT2D eigenvalue weighted by atomic mass is 9.95. The molecule has 0 aliphatic heterocycles. The molecular formula is C30H29N5O3S. The average molecular weight is 540 g/mol. The maximum absolute atomic E-state index is 13.1. The number of pyridine rings is 1. The highest BCUT2D eigenvalue weighted by molar-refractivity contribution is 7.06. The number of carboxylic acids is 1. The molecule has 0 radical (unpaired) electrons. The number of aromatic nitrogens is 2. The predicted octanol–water partition coefficient (Wildman–Crippen LogP) is 5.29. The minimum absolute atomic E-state index is 0.133. The van der Waals surface area contributed by atoms with Gasteiger partial charge in [-0.15, -0.1) is 0 Å². The second kappa shape index (κ2) is 12.3. The minimum Gasteiger partial charge on any atom is -0.480 e. The molecule has 1 unspecified atom stereocenters. The quantitative estimate of drug-likeness (QED) is 0.250. The summed E-state index contributed by atoms with van der Waals surface area (Å²) >= 11 is 1.41. The van der Waals surface area contributed by atoms with Crippen LogP contribution in [0.5, 0.6) is 0 Å². The zero-order valence-electron chi connectivity index (χ0n) is 22.0. The van der Waals surface area contributed by atoms with Gasteiger partial charge in [0.15, 0.2) is 0 Å². The molecule has 0 aliphatic rings. The van der Waals surface area contributed by atoms with E-state index in [1.54, 1.807) is 25.3 Å². The third-order valence-electron chi connectivity index (χ3n) is 6.37. The first kappa shape index (κ1) is 27.5. The largest absolute Gasteiger partial charge is 0.480 e. The highest BCUT2D eigenvalue weighted by Crippen LogP contribution is 2.24. The molecule has 0 bridgehead atoms. The molecule has 1 atom stereocenters. The number of benzene rings is 2. The Morgan fingerprint density at radius 2 is 1.87 bits per heavy atom. The summed E-state index contributed by atoms with van der Waals surface area (Å²) in [7, 11) is 0. The molecule has 4 aromatic rings. The molecule has 39 heavy (non-hydrogen) atoms. The first-order chi connectivity index (χ1) is 18.8. The van der Waals surface area contributed by atoms with Crippen LogP contribution in [-0.4, -0.2) is 32.4 Å². The number of carboxylic acid groups (broad SMARTS) is 1. The lowest BCUT2D eigenvalue weighted by molar-refractivity contribution is -0.139. The molecule has 3 N–H and O–H groups in total. The highest BCUT2D eigenvalue weighted by atomic mass is 32.1. The van der Waals surface area contributed by atoms with Gasteiger partial charge in [0.25, 0.3) is 5.91 Å². The van der Waals surface area contributed by atoms with Gasteiger partial charge in [-0.05, 0) is 84.4 Å². The van der Waals surface area contributed by atoms with Gasteiger partial charge in [0.05, 0.1) is 23.9 Å². The van der Waals surface area contributed by atoms with Crippen LogP contribution >= 0.6 is 11.5 Å². The van der Waals surface area contributed by atoms with E-state index in [0.29, 0.717) is 35.2 Å². The maximum atomic E-state index is 13.1. The molecule has 2 heterocycles. The first-order valence-electron chi connectivity index (χ1n) is 12.6. The van der Waals surface area contributed by atoms with Crippen LogP contribution in [0.25, 0.3) is 11.3 Å². The SMILES string of the molecule is CCc1cc(C#N)cc(C)c1C(=O)NC(Cc1ccc(-c2cc(CNc3cc(C)ccn3)sn2)cc1)C(=O)O. The number of aliphatic carboxylic acids is 1. The number of anilines is 1. The number of nitrogens with zero attached hydrogens (tertiary/aromatic N) is 3. The van der Waals surface area contributed by atoms with Gasteiger partial charge in [-0.3, -0.25) is 4.79 Å². The van der Waals surface area contributed by atoms with Crippen molar-refractivity contribution in [2.75, 3.05) is 5.32 Å². The first-order valence-corrected chi connectivity index (χ1v) is 13.3. The van der Waals surface area contributed by atoms with E-state index >= 15 is 0 Å². The van der Waals surface area contributed by atoms with Crippen LogP contribution in [-0.2, 0) is 24.2 Å². The predicted molar refractivity (Wildman–Crippen MR) is 152 cm³/mol. The van der Waals surface area contributed by atoms with Crippen LogP contribution in [0.3, 0.4) is 0 Å². The molecule has 8 nitrogen and oxygen atoms in total. The molecule has 0 spiro atoms. The van der Waals surface area contributed by atoms with E-state index in [9.17, 15) is 20.0 Å². The van der Waals surface area contributed by atoms with E-state index in [1.165, 1.54) is 11.5 Å². The van der Waals surface area contributed by atoms with E-state index in [-0.39, 0.29) is 6.42 Å². The number of carbonyl (C=O) groups excluding carboxylic acids is 1. The van der Waals surface area contributed by atoms with Gasteiger partial charge in [0.1, 0.15) is 11.9 Å². The number of rotatable bonds is 10. The highest BCUT2D eigenvalue weighted by Gasteiger charge is 2.24. The summed E-state index contributed by atoms with van der Waals surface area (Å²) < 4.78 is 4.55. The average Bonchev–Trinajstić information content (AvgIpc) is 3.40. The number of amides is 1. The Bertz CT molecular complexity index is 1540. The standard InChI is InChI=1S/C30H29N5O3S/c1-4-22-13-21(16-31)12-19(3)28(22)29(36)34-26(30(37)38)14-20-5-7-23(8-6-20)25-15-24(39-35-25)17-33-27-11-18(2)9-10-32-27/h5-13,15,26H,4,14,17H2,1-3H3,(H,32,33)(H,34,36)(H,37,38). The van der Waals surface area contributed by atoms with Crippen molar-refractivity contribution in [2.45, 2.75) is 46.2 Å². The second-order valence-electron chi connectivity index (χ2n) is 9.31. The van der Waals surface area contributed by atoms with Gasteiger partial charge in [-0.1, -0.05) is 31.2 Å². The smallest absolute Gasteiger partial charge is 0.326 e. The summed E-state index contributed by atoms with van der Waals surface area (Å²) in [5, 5.41) is 25.0. The Morgan fingerprint density at radius 3 is 2.54 bits per heavy atom. The fourth-order valence-corrected chi connectivity index (χ4v) is 5.02. The zero-order valence-corrected chi connectivity index (χ0v) is 22.8. The van der Waals surface area contributed by atoms with Gasteiger partial charge in [0.2, 0.25) is 0 Å². The number of aryl methyl sites for hydroxylation is 3. The van der Waals surface area contributed by atoms with Crippen LogP contribution in [0.4, 0.5) is 5.82 Å². The number of nitrogens with one attached hydrogen (secondary N) is 2. The topological polar surface area (TPSA) is 128 Å². The van der Waals surface area contributed by atoms with E-state index in [1.807, 2.05) is 56.3 Å². The third kappa shape index (κ3) is 6.86. The van der Waals surface area contributed by atoms with E-state index < -0.39 is 17.9 Å². The summed E-state index contributed by atoms with van der Waals surface area (Å²) in [6.45, 7) is 6.28. The molecule has 2 aromatic heterocycles. The normalized spacial score (nSPS) is 11.4. The van der Waals surface area contributed by atoms with Crippen LogP contribution < -0.4 is 10.6 Å².